The second kappa shape index (κ2) is 6.07. The number of amides is 1. The van der Waals surface area contributed by atoms with Crippen molar-refractivity contribution in [3.63, 3.8) is 0 Å². The Morgan fingerprint density at radius 2 is 2.32 bits per heavy atom. The lowest BCUT2D eigenvalue weighted by Crippen LogP contribution is -2.43. The standard InChI is InChI=1S/C12H18N4OS.ClH/c13-12-14-6-9(18-12)7-16-5-1-2-10(16)11(17)15-8-3-4-8;/h6,8,10H,1-5,7H2,(H2,13,14)(H,15,17);1H. The van der Waals surface area contributed by atoms with E-state index in [1.54, 1.807) is 0 Å². The van der Waals surface area contributed by atoms with E-state index < -0.39 is 0 Å². The average Bonchev–Trinajstić information content (AvgIpc) is 2.87. The van der Waals surface area contributed by atoms with Crippen molar-refractivity contribution >= 4 is 34.8 Å². The molecule has 106 valence electrons. The molecule has 19 heavy (non-hydrogen) atoms. The van der Waals surface area contributed by atoms with Gasteiger partial charge in [0.15, 0.2) is 5.13 Å². The summed E-state index contributed by atoms with van der Waals surface area (Å²) in [5, 5.41) is 3.70. The minimum Gasteiger partial charge on any atom is -0.375 e. The summed E-state index contributed by atoms with van der Waals surface area (Å²) < 4.78 is 0. The molecule has 1 amide bonds. The van der Waals surface area contributed by atoms with Crippen LogP contribution >= 0.6 is 23.7 Å². The van der Waals surface area contributed by atoms with Crippen molar-refractivity contribution in [3.8, 4) is 0 Å². The maximum atomic E-state index is 12.1. The van der Waals surface area contributed by atoms with Crippen LogP contribution in [0.1, 0.15) is 30.6 Å². The van der Waals surface area contributed by atoms with E-state index in [-0.39, 0.29) is 24.4 Å². The van der Waals surface area contributed by atoms with Gasteiger partial charge in [-0.1, -0.05) is 0 Å². The van der Waals surface area contributed by atoms with Crippen molar-refractivity contribution in [2.45, 2.75) is 44.3 Å². The van der Waals surface area contributed by atoms with E-state index in [4.69, 9.17) is 5.73 Å². The molecule has 1 saturated carbocycles. The smallest absolute Gasteiger partial charge is 0.237 e. The Labute approximate surface area is 123 Å². The van der Waals surface area contributed by atoms with E-state index in [9.17, 15) is 4.79 Å². The summed E-state index contributed by atoms with van der Waals surface area (Å²) in [6.07, 6.45) is 6.16. The van der Waals surface area contributed by atoms with E-state index >= 15 is 0 Å². The first-order valence-corrected chi connectivity index (χ1v) is 7.28. The zero-order chi connectivity index (χ0) is 12.5. The molecule has 2 aliphatic rings. The van der Waals surface area contributed by atoms with Gasteiger partial charge in [-0.05, 0) is 32.2 Å². The second-order valence-electron chi connectivity index (χ2n) is 5.08. The fraction of sp³-hybridized carbons (Fsp3) is 0.667. The first-order valence-electron chi connectivity index (χ1n) is 6.47. The summed E-state index contributed by atoms with van der Waals surface area (Å²) in [4.78, 5) is 19.5. The van der Waals surface area contributed by atoms with Crippen molar-refractivity contribution in [3.05, 3.63) is 11.1 Å². The summed E-state index contributed by atoms with van der Waals surface area (Å²) >= 11 is 1.51. The SMILES string of the molecule is Cl.Nc1ncc(CN2CCCC2C(=O)NC2CC2)s1. The number of nitrogens with two attached hydrogens (primary N) is 1. The molecule has 1 aromatic heterocycles. The maximum absolute atomic E-state index is 12.1. The van der Waals surface area contributed by atoms with E-state index in [2.05, 4.69) is 15.2 Å². The number of halogens is 1. The predicted octanol–water partition coefficient (Wildman–Crippen LogP) is 1.39. The molecular weight excluding hydrogens is 284 g/mol. The number of likely N-dealkylation sites (tertiary alicyclic amines) is 1. The van der Waals surface area contributed by atoms with Crippen molar-refractivity contribution < 1.29 is 4.79 Å². The van der Waals surface area contributed by atoms with Crippen LogP contribution in [0.5, 0.6) is 0 Å². The van der Waals surface area contributed by atoms with Crippen LogP contribution < -0.4 is 11.1 Å². The number of rotatable bonds is 4. The Bertz CT molecular complexity index is 449. The lowest BCUT2D eigenvalue weighted by atomic mass is 10.2. The number of carbonyl (C=O) groups is 1. The quantitative estimate of drug-likeness (QED) is 0.882. The van der Waals surface area contributed by atoms with E-state index in [0.29, 0.717) is 11.2 Å². The molecule has 2 fully saturated rings. The predicted molar refractivity (Wildman–Crippen MR) is 78.4 cm³/mol. The van der Waals surface area contributed by atoms with Gasteiger partial charge in [0.05, 0.1) is 6.04 Å². The third kappa shape index (κ3) is 3.58. The van der Waals surface area contributed by atoms with Gasteiger partial charge in [0.25, 0.3) is 0 Å². The number of nitrogens with one attached hydrogen (secondary N) is 1. The average molecular weight is 303 g/mol. The van der Waals surface area contributed by atoms with Crippen LogP contribution in [0.2, 0.25) is 0 Å². The second-order valence-corrected chi connectivity index (χ2v) is 6.22. The van der Waals surface area contributed by atoms with Gasteiger partial charge in [-0.25, -0.2) is 4.98 Å². The number of anilines is 1. The maximum Gasteiger partial charge on any atom is 0.237 e. The Hall–Kier alpha value is -0.850. The minimum absolute atomic E-state index is 0. The fourth-order valence-electron chi connectivity index (χ4n) is 2.43. The number of carbonyl (C=O) groups excluding carboxylic acids is 1. The van der Waals surface area contributed by atoms with Gasteiger partial charge in [-0.15, -0.1) is 23.7 Å². The number of hydrogen-bond donors (Lipinski definition) is 2. The van der Waals surface area contributed by atoms with Crippen LogP contribution in [0.15, 0.2) is 6.20 Å². The molecule has 3 N–H and O–H groups in total. The minimum atomic E-state index is 0. The van der Waals surface area contributed by atoms with Crippen LogP contribution in [-0.4, -0.2) is 34.4 Å². The lowest BCUT2D eigenvalue weighted by molar-refractivity contribution is -0.125. The normalized spacial score (nSPS) is 23.1. The van der Waals surface area contributed by atoms with Crippen molar-refractivity contribution in [2.75, 3.05) is 12.3 Å². The topological polar surface area (TPSA) is 71.2 Å². The van der Waals surface area contributed by atoms with Gasteiger partial charge in [0, 0.05) is 23.7 Å². The van der Waals surface area contributed by atoms with Crippen LogP contribution in [-0.2, 0) is 11.3 Å². The van der Waals surface area contributed by atoms with Gasteiger partial charge < -0.3 is 11.1 Å². The van der Waals surface area contributed by atoms with E-state index in [1.165, 1.54) is 11.3 Å². The molecule has 1 aliphatic carbocycles. The molecule has 1 atom stereocenters. The Morgan fingerprint density at radius 1 is 1.53 bits per heavy atom. The number of aromatic nitrogens is 1. The van der Waals surface area contributed by atoms with Gasteiger partial charge in [0.2, 0.25) is 5.91 Å². The first-order chi connectivity index (χ1) is 8.72. The molecule has 7 heteroatoms. The van der Waals surface area contributed by atoms with Gasteiger partial charge >= 0.3 is 0 Å². The zero-order valence-electron chi connectivity index (χ0n) is 10.7. The van der Waals surface area contributed by atoms with Gasteiger partial charge in [-0.2, -0.15) is 0 Å². The molecule has 5 nitrogen and oxygen atoms in total. The molecule has 1 aliphatic heterocycles. The Morgan fingerprint density at radius 3 is 2.95 bits per heavy atom. The van der Waals surface area contributed by atoms with E-state index in [1.807, 2.05) is 6.20 Å². The molecule has 3 rings (SSSR count). The zero-order valence-corrected chi connectivity index (χ0v) is 12.3. The summed E-state index contributed by atoms with van der Waals surface area (Å²) in [6, 6.07) is 0.480. The third-order valence-corrected chi connectivity index (χ3v) is 4.33. The van der Waals surface area contributed by atoms with Crippen LogP contribution in [0, 0.1) is 0 Å². The molecule has 1 unspecified atom stereocenters. The van der Waals surface area contributed by atoms with Crippen LogP contribution in [0.3, 0.4) is 0 Å². The summed E-state index contributed by atoms with van der Waals surface area (Å²) in [5.74, 6) is 0.201. The van der Waals surface area contributed by atoms with Gasteiger partial charge in [-0.3, -0.25) is 9.69 Å². The Kier molecular flexibility index (Phi) is 4.65. The van der Waals surface area contributed by atoms with Gasteiger partial charge in [0.1, 0.15) is 0 Å². The first kappa shape index (κ1) is 14.6. The largest absolute Gasteiger partial charge is 0.375 e. The van der Waals surface area contributed by atoms with E-state index in [0.717, 1.165) is 43.6 Å². The molecule has 0 spiro atoms. The molecule has 0 bridgehead atoms. The summed E-state index contributed by atoms with van der Waals surface area (Å²) in [5.41, 5.74) is 5.63. The molecule has 1 aromatic rings. The Balaban J connectivity index is 0.00000133. The van der Waals surface area contributed by atoms with Crippen molar-refractivity contribution in [2.24, 2.45) is 0 Å². The lowest BCUT2D eigenvalue weighted by Gasteiger charge is -2.22. The summed E-state index contributed by atoms with van der Waals surface area (Å²) in [6.45, 7) is 1.78. The summed E-state index contributed by atoms with van der Waals surface area (Å²) in [7, 11) is 0. The van der Waals surface area contributed by atoms with Crippen molar-refractivity contribution in [1.29, 1.82) is 0 Å². The van der Waals surface area contributed by atoms with Crippen molar-refractivity contribution in [1.82, 2.24) is 15.2 Å². The molecule has 0 aromatic carbocycles. The number of hydrogen-bond acceptors (Lipinski definition) is 5. The monoisotopic (exact) mass is 302 g/mol. The van der Waals surface area contributed by atoms with Crippen LogP contribution in [0.25, 0.3) is 0 Å². The molecule has 0 radical (unpaired) electrons. The highest BCUT2D eigenvalue weighted by molar-refractivity contribution is 7.15. The number of nitrogen functional groups attached to an aromatic ring is 1. The van der Waals surface area contributed by atoms with Crippen LogP contribution in [0.4, 0.5) is 5.13 Å². The number of nitrogens with zero attached hydrogens (tertiary/aromatic N) is 2. The third-order valence-electron chi connectivity index (χ3n) is 3.52. The highest BCUT2D eigenvalue weighted by Crippen LogP contribution is 2.25. The molecule has 2 heterocycles. The highest BCUT2D eigenvalue weighted by atomic mass is 35.5. The molecule has 1 saturated heterocycles. The molecular formula is C12H19ClN4OS. The fourth-order valence-corrected chi connectivity index (χ4v) is 3.14. The number of thiazole rings is 1. The highest BCUT2D eigenvalue weighted by Gasteiger charge is 2.33.